The van der Waals surface area contributed by atoms with Gasteiger partial charge in [0.1, 0.15) is 0 Å². The Morgan fingerprint density at radius 1 is 1.03 bits per heavy atom. The number of aliphatic imine (C=N–C) groups is 1. The van der Waals surface area contributed by atoms with E-state index >= 15 is 0 Å². The average Bonchev–Trinajstić information content (AvgIpc) is 3.19. The van der Waals surface area contributed by atoms with Crippen LogP contribution in [0, 0.1) is 0 Å². The number of aryl methyl sites for hydroxylation is 1. The molecule has 0 spiro atoms. The lowest BCUT2D eigenvalue weighted by Gasteiger charge is -2.15. The number of aromatic nitrogens is 3. The molecule has 2 N–H and O–H groups in total. The van der Waals surface area contributed by atoms with Crippen LogP contribution in [0.2, 0.25) is 0 Å². The summed E-state index contributed by atoms with van der Waals surface area (Å²) in [6, 6.07) is 13.4. The number of guanidine groups is 1. The van der Waals surface area contributed by atoms with Crippen LogP contribution in [0.3, 0.4) is 0 Å². The van der Waals surface area contributed by atoms with E-state index in [0.717, 1.165) is 17.7 Å². The molecule has 0 aliphatic rings. The van der Waals surface area contributed by atoms with Gasteiger partial charge in [-0.1, -0.05) is 25.1 Å². The Bertz CT molecular complexity index is 976. The second-order valence-electron chi connectivity index (χ2n) is 6.59. The SMILES string of the molecule is CCCOc1ccccc1Oc1ncccc1CNC(=NC)NCc1ccnn1C.I. The second-order valence-corrected chi connectivity index (χ2v) is 6.59. The van der Waals surface area contributed by atoms with Gasteiger partial charge in [-0.05, 0) is 30.7 Å². The van der Waals surface area contributed by atoms with Gasteiger partial charge in [0.05, 0.1) is 18.8 Å². The lowest BCUT2D eigenvalue weighted by molar-refractivity contribution is 0.300. The minimum atomic E-state index is 0. The molecule has 0 saturated heterocycles. The number of halogens is 1. The normalized spacial score (nSPS) is 10.9. The van der Waals surface area contributed by atoms with Crippen molar-refractivity contribution >= 4 is 29.9 Å². The Morgan fingerprint density at radius 3 is 2.52 bits per heavy atom. The Hall–Kier alpha value is -2.82. The van der Waals surface area contributed by atoms with Gasteiger partial charge in [0.2, 0.25) is 5.88 Å². The molecule has 9 heteroatoms. The summed E-state index contributed by atoms with van der Waals surface area (Å²) in [7, 11) is 3.65. The first-order valence-corrected chi connectivity index (χ1v) is 9.96. The molecule has 2 aromatic heterocycles. The molecular weight excluding hydrogens is 507 g/mol. The predicted octanol–water partition coefficient (Wildman–Crippen LogP) is 3.88. The molecular formula is C22H29IN6O2. The average molecular weight is 536 g/mol. The first-order chi connectivity index (χ1) is 14.7. The van der Waals surface area contributed by atoms with Gasteiger partial charge < -0.3 is 20.1 Å². The van der Waals surface area contributed by atoms with Gasteiger partial charge in [-0.3, -0.25) is 9.67 Å². The Balaban J connectivity index is 0.00000341. The number of ether oxygens (including phenoxy) is 2. The highest BCUT2D eigenvalue weighted by atomic mass is 127. The van der Waals surface area contributed by atoms with Gasteiger partial charge >= 0.3 is 0 Å². The zero-order valence-electron chi connectivity index (χ0n) is 18.0. The molecule has 0 saturated carbocycles. The minimum Gasteiger partial charge on any atom is -0.490 e. The van der Waals surface area contributed by atoms with Crippen molar-refractivity contribution in [3.63, 3.8) is 0 Å². The van der Waals surface area contributed by atoms with Crippen molar-refractivity contribution in [2.24, 2.45) is 12.0 Å². The predicted molar refractivity (Wildman–Crippen MR) is 132 cm³/mol. The number of hydrogen-bond donors (Lipinski definition) is 2. The van der Waals surface area contributed by atoms with Crippen LogP contribution in [0.5, 0.6) is 17.4 Å². The molecule has 31 heavy (non-hydrogen) atoms. The summed E-state index contributed by atoms with van der Waals surface area (Å²) in [6.07, 6.45) is 4.41. The van der Waals surface area contributed by atoms with E-state index in [1.165, 1.54) is 0 Å². The van der Waals surface area contributed by atoms with Crippen molar-refractivity contribution in [2.75, 3.05) is 13.7 Å². The molecule has 2 heterocycles. The van der Waals surface area contributed by atoms with E-state index in [4.69, 9.17) is 9.47 Å². The molecule has 166 valence electrons. The van der Waals surface area contributed by atoms with E-state index in [1.807, 2.05) is 54.2 Å². The molecule has 0 radical (unpaired) electrons. The zero-order chi connectivity index (χ0) is 21.2. The fourth-order valence-electron chi connectivity index (χ4n) is 2.77. The second kappa shape index (κ2) is 12.8. The largest absolute Gasteiger partial charge is 0.490 e. The van der Waals surface area contributed by atoms with Crippen LogP contribution in [-0.4, -0.2) is 34.4 Å². The number of rotatable bonds is 9. The van der Waals surface area contributed by atoms with Gasteiger partial charge in [0.15, 0.2) is 17.5 Å². The van der Waals surface area contributed by atoms with Crippen LogP contribution in [0.25, 0.3) is 0 Å². The quantitative estimate of drug-likeness (QED) is 0.245. The van der Waals surface area contributed by atoms with E-state index in [2.05, 4.69) is 32.6 Å². The van der Waals surface area contributed by atoms with Crippen molar-refractivity contribution in [1.82, 2.24) is 25.4 Å². The fraction of sp³-hybridized carbons (Fsp3) is 0.318. The molecule has 0 unspecified atom stereocenters. The smallest absolute Gasteiger partial charge is 0.224 e. The van der Waals surface area contributed by atoms with Crippen LogP contribution in [0.15, 0.2) is 59.9 Å². The summed E-state index contributed by atoms with van der Waals surface area (Å²) in [4.78, 5) is 8.68. The van der Waals surface area contributed by atoms with Gasteiger partial charge in [0, 0.05) is 38.6 Å². The maximum absolute atomic E-state index is 6.09. The van der Waals surface area contributed by atoms with Crippen LogP contribution in [0.4, 0.5) is 0 Å². The Labute approximate surface area is 200 Å². The third kappa shape index (κ3) is 7.12. The summed E-state index contributed by atoms with van der Waals surface area (Å²) in [6.45, 7) is 3.83. The molecule has 1 aromatic carbocycles. The van der Waals surface area contributed by atoms with E-state index in [9.17, 15) is 0 Å². The van der Waals surface area contributed by atoms with E-state index in [-0.39, 0.29) is 24.0 Å². The molecule has 0 fully saturated rings. The van der Waals surface area contributed by atoms with Crippen LogP contribution in [0.1, 0.15) is 24.6 Å². The zero-order valence-corrected chi connectivity index (χ0v) is 20.4. The highest BCUT2D eigenvalue weighted by Gasteiger charge is 2.11. The first kappa shape index (κ1) is 24.4. The number of benzene rings is 1. The molecule has 3 aromatic rings. The molecule has 8 nitrogen and oxygen atoms in total. The van der Waals surface area contributed by atoms with Gasteiger partial charge in [-0.15, -0.1) is 24.0 Å². The third-order valence-corrected chi connectivity index (χ3v) is 4.40. The van der Waals surface area contributed by atoms with Crippen molar-refractivity contribution in [3.8, 4) is 17.4 Å². The standard InChI is InChI=1S/C22H28N6O2.HI/c1-4-14-29-19-9-5-6-10-20(19)30-21-17(8-7-12-24-21)15-25-22(23-2)26-16-18-11-13-27-28(18)3;/h5-13H,4,14-16H2,1-3H3,(H2,23,25,26);1H. The van der Waals surface area contributed by atoms with Gasteiger partial charge in [0.25, 0.3) is 0 Å². The Kier molecular flexibility index (Phi) is 10.1. The van der Waals surface area contributed by atoms with Crippen molar-refractivity contribution in [2.45, 2.75) is 26.4 Å². The van der Waals surface area contributed by atoms with Crippen molar-refractivity contribution in [1.29, 1.82) is 0 Å². The number of hydrogen-bond acceptors (Lipinski definition) is 5. The third-order valence-electron chi connectivity index (χ3n) is 4.40. The van der Waals surface area contributed by atoms with Crippen LogP contribution < -0.4 is 20.1 Å². The highest BCUT2D eigenvalue weighted by molar-refractivity contribution is 14.0. The fourth-order valence-corrected chi connectivity index (χ4v) is 2.77. The molecule has 0 atom stereocenters. The van der Waals surface area contributed by atoms with E-state index in [1.54, 1.807) is 19.4 Å². The molecule has 0 amide bonds. The summed E-state index contributed by atoms with van der Waals surface area (Å²) < 4.78 is 13.7. The van der Waals surface area contributed by atoms with Crippen LogP contribution in [-0.2, 0) is 20.1 Å². The maximum Gasteiger partial charge on any atom is 0.224 e. The number of nitrogens with one attached hydrogen (secondary N) is 2. The Morgan fingerprint density at radius 2 is 1.81 bits per heavy atom. The monoisotopic (exact) mass is 536 g/mol. The van der Waals surface area contributed by atoms with Crippen LogP contribution >= 0.6 is 24.0 Å². The topological polar surface area (TPSA) is 85.6 Å². The number of para-hydroxylation sites is 2. The van der Waals surface area contributed by atoms with Gasteiger partial charge in [-0.25, -0.2) is 4.98 Å². The number of pyridine rings is 1. The highest BCUT2D eigenvalue weighted by Crippen LogP contribution is 2.31. The van der Waals surface area contributed by atoms with Crippen molar-refractivity contribution in [3.05, 3.63) is 66.1 Å². The molecule has 0 bridgehead atoms. The summed E-state index contributed by atoms with van der Waals surface area (Å²) in [5.74, 6) is 2.56. The lowest BCUT2D eigenvalue weighted by atomic mass is 10.2. The minimum absolute atomic E-state index is 0. The van der Waals surface area contributed by atoms with E-state index in [0.29, 0.717) is 43.0 Å². The maximum atomic E-state index is 6.09. The summed E-state index contributed by atoms with van der Waals surface area (Å²) in [5.41, 5.74) is 1.97. The lowest BCUT2D eigenvalue weighted by Crippen LogP contribution is -2.36. The molecule has 0 aliphatic heterocycles. The van der Waals surface area contributed by atoms with E-state index < -0.39 is 0 Å². The van der Waals surface area contributed by atoms with Crippen molar-refractivity contribution < 1.29 is 9.47 Å². The molecule has 3 rings (SSSR count). The summed E-state index contributed by atoms with van der Waals surface area (Å²) >= 11 is 0. The number of nitrogens with zero attached hydrogens (tertiary/aromatic N) is 4. The molecule has 0 aliphatic carbocycles. The first-order valence-electron chi connectivity index (χ1n) is 9.96. The van der Waals surface area contributed by atoms with Gasteiger partial charge in [-0.2, -0.15) is 5.10 Å². The summed E-state index contributed by atoms with van der Waals surface area (Å²) in [5, 5.41) is 10.8.